The first kappa shape index (κ1) is 25.1. The van der Waals surface area contributed by atoms with Gasteiger partial charge in [-0.1, -0.05) is 91.7 Å². The summed E-state index contributed by atoms with van der Waals surface area (Å²) in [6.07, 6.45) is 5.88. The minimum absolute atomic E-state index is 0.0964. The average Bonchev–Trinajstić information content (AvgIpc) is 3.37. The van der Waals surface area contributed by atoms with Crippen molar-refractivity contribution in [3.8, 4) is 28.3 Å². The van der Waals surface area contributed by atoms with Gasteiger partial charge in [-0.2, -0.15) is 0 Å². The number of aryl methyl sites for hydroxylation is 1. The molecule has 0 radical (unpaired) electrons. The van der Waals surface area contributed by atoms with Crippen LogP contribution in [0.1, 0.15) is 43.7 Å². The Labute approximate surface area is 222 Å². The zero-order chi connectivity index (χ0) is 25.6. The lowest BCUT2D eigenvalue weighted by Gasteiger charge is -2.25. The number of aromatic nitrogens is 3. The molecular formula is C30H32N4O2S. The van der Waals surface area contributed by atoms with Crippen molar-refractivity contribution in [2.24, 2.45) is 0 Å². The maximum atomic E-state index is 12.9. The van der Waals surface area contributed by atoms with Gasteiger partial charge in [0.2, 0.25) is 5.91 Å². The standard InChI is InChI=1S/C30H32N4O2S/c1-21-13-18-27(36-2)26(19-21)31-28(35)20-37-30-33-32-29(34(30)25-11-7-4-8-12-25)24-16-14-23(15-17-24)22-9-5-3-6-10-22/h3,5-6,9-10,13-19,25H,4,7-8,11-12,20H2,1-2H3,(H,31,35). The number of carbonyl (C=O) groups excluding carboxylic acids is 1. The molecule has 0 bridgehead atoms. The Morgan fingerprint density at radius 3 is 2.38 bits per heavy atom. The van der Waals surface area contributed by atoms with Gasteiger partial charge in [-0.05, 0) is 48.6 Å². The van der Waals surface area contributed by atoms with E-state index in [0.717, 1.165) is 34.9 Å². The molecular weight excluding hydrogens is 480 g/mol. The van der Waals surface area contributed by atoms with Gasteiger partial charge in [0.05, 0.1) is 18.6 Å². The van der Waals surface area contributed by atoms with E-state index in [1.807, 2.05) is 31.2 Å². The number of carbonyl (C=O) groups is 1. The molecule has 1 heterocycles. The number of amides is 1. The average molecular weight is 513 g/mol. The number of nitrogens with zero attached hydrogens (tertiary/aromatic N) is 3. The smallest absolute Gasteiger partial charge is 0.234 e. The van der Waals surface area contributed by atoms with Gasteiger partial charge in [-0.3, -0.25) is 9.36 Å². The van der Waals surface area contributed by atoms with Crippen LogP contribution in [0, 0.1) is 6.92 Å². The summed E-state index contributed by atoms with van der Waals surface area (Å²) in [5.74, 6) is 1.67. The van der Waals surface area contributed by atoms with Crippen molar-refractivity contribution in [1.29, 1.82) is 0 Å². The van der Waals surface area contributed by atoms with Crippen LogP contribution in [-0.2, 0) is 4.79 Å². The Balaban J connectivity index is 1.37. The van der Waals surface area contributed by atoms with E-state index >= 15 is 0 Å². The fourth-order valence-corrected chi connectivity index (χ4v) is 5.72. The molecule has 0 unspecified atom stereocenters. The molecule has 1 aliphatic carbocycles. The van der Waals surface area contributed by atoms with Crippen LogP contribution in [0.5, 0.6) is 5.75 Å². The van der Waals surface area contributed by atoms with Crippen LogP contribution in [0.15, 0.2) is 78.0 Å². The lowest BCUT2D eigenvalue weighted by Crippen LogP contribution is -2.17. The Hall–Kier alpha value is -3.58. The molecule has 1 aliphatic rings. The van der Waals surface area contributed by atoms with Crippen LogP contribution in [0.2, 0.25) is 0 Å². The monoisotopic (exact) mass is 512 g/mol. The van der Waals surface area contributed by atoms with Crippen LogP contribution in [0.25, 0.3) is 22.5 Å². The molecule has 6 nitrogen and oxygen atoms in total. The van der Waals surface area contributed by atoms with Gasteiger partial charge in [0.15, 0.2) is 11.0 Å². The summed E-state index contributed by atoms with van der Waals surface area (Å²) in [5, 5.41) is 12.9. The molecule has 5 rings (SSSR count). The van der Waals surface area contributed by atoms with E-state index in [1.165, 1.54) is 42.2 Å². The number of ether oxygens (including phenoxy) is 1. The highest BCUT2D eigenvalue weighted by Gasteiger charge is 2.24. The van der Waals surface area contributed by atoms with E-state index in [4.69, 9.17) is 4.74 Å². The fourth-order valence-electron chi connectivity index (χ4n) is 4.92. The minimum Gasteiger partial charge on any atom is -0.495 e. The van der Waals surface area contributed by atoms with Gasteiger partial charge >= 0.3 is 0 Å². The highest BCUT2D eigenvalue weighted by molar-refractivity contribution is 7.99. The Kier molecular flexibility index (Phi) is 7.90. The maximum absolute atomic E-state index is 12.9. The molecule has 190 valence electrons. The normalized spacial score (nSPS) is 13.9. The van der Waals surface area contributed by atoms with E-state index < -0.39 is 0 Å². The van der Waals surface area contributed by atoms with Crippen LogP contribution < -0.4 is 10.1 Å². The predicted molar refractivity (Wildman–Crippen MR) is 150 cm³/mol. The third-order valence-corrected chi connectivity index (χ3v) is 7.76. The van der Waals surface area contributed by atoms with Crippen LogP contribution >= 0.6 is 11.8 Å². The SMILES string of the molecule is COc1ccc(C)cc1NC(=O)CSc1nnc(-c2ccc(-c3ccccc3)cc2)n1C1CCCCC1. The molecule has 0 saturated heterocycles. The Bertz CT molecular complexity index is 1350. The molecule has 0 aliphatic heterocycles. The number of nitrogens with one attached hydrogen (secondary N) is 1. The number of hydrogen-bond donors (Lipinski definition) is 1. The number of anilines is 1. The van der Waals surface area contributed by atoms with Crippen molar-refractivity contribution in [1.82, 2.24) is 14.8 Å². The minimum atomic E-state index is -0.0964. The van der Waals surface area contributed by atoms with Crippen LogP contribution in [0.3, 0.4) is 0 Å². The van der Waals surface area contributed by atoms with Crippen molar-refractivity contribution in [2.75, 3.05) is 18.2 Å². The Morgan fingerprint density at radius 1 is 0.946 bits per heavy atom. The van der Waals surface area contributed by atoms with E-state index in [2.05, 4.69) is 68.6 Å². The summed E-state index contributed by atoms with van der Waals surface area (Å²) in [6.45, 7) is 1.99. The largest absolute Gasteiger partial charge is 0.495 e. The summed E-state index contributed by atoms with van der Waals surface area (Å²) < 4.78 is 7.67. The summed E-state index contributed by atoms with van der Waals surface area (Å²) in [7, 11) is 1.61. The van der Waals surface area contributed by atoms with E-state index in [-0.39, 0.29) is 11.7 Å². The zero-order valence-electron chi connectivity index (χ0n) is 21.3. The van der Waals surface area contributed by atoms with Crippen LogP contribution in [0.4, 0.5) is 5.69 Å². The van der Waals surface area contributed by atoms with Crippen LogP contribution in [-0.4, -0.2) is 33.5 Å². The number of thioether (sulfide) groups is 1. The first-order valence-electron chi connectivity index (χ1n) is 12.8. The zero-order valence-corrected chi connectivity index (χ0v) is 22.1. The first-order valence-corrected chi connectivity index (χ1v) is 13.8. The lowest BCUT2D eigenvalue weighted by atomic mass is 9.95. The summed E-state index contributed by atoms with van der Waals surface area (Å²) in [6, 6.07) is 25.0. The molecule has 0 atom stereocenters. The number of methoxy groups -OCH3 is 1. The molecule has 1 N–H and O–H groups in total. The van der Waals surface area contributed by atoms with Crippen molar-refractivity contribution >= 4 is 23.4 Å². The lowest BCUT2D eigenvalue weighted by molar-refractivity contribution is -0.113. The summed E-state index contributed by atoms with van der Waals surface area (Å²) in [5.41, 5.74) is 5.14. The quantitative estimate of drug-likeness (QED) is 0.254. The van der Waals surface area contributed by atoms with Gasteiger partial charge in [0.25, 0.3) is 0 Å². The molecule has 1 saturated carbocycles. The molecule has 7 heteroatoms. The van der Waals surface area contributed by atoms with Gasteiger partial charge in [-0.25, -0.2) is 0 Å². The highest BCUT2D eigenvalue weighted by atomic mass is 32.2. The third kappa shape index (κ3) is 5.88. The van der Waals surface area contributed by atoms with Crippen molar-refractivity contribution < 1.29 is 9.53 Å². The number of rotatable bonds is 8. The Morgan fingerprint density at radius 2 is 1.65 bits per heavy atom. The van der Waals surface area contributed by atoms with Gasteiger partial charge < -0.3 is 10.1 Å². The van der Waals surface area contributed by atoms with E-state index in [9.17, 15) is 4.79 Å². The van der Waals surface area contributed by atoms with Crippen molar-refractivity contribution in [3.05, 3.63) is 78.4 Å². The summed E-state index contributed by atoms with van der Waals surface area (Å²) in [4.78, 5) is 12.9. The van der Waals surface area contributed by atoms with Gasteiger partial charge in [0, 0.05) is 11.6 Å². The molecule has 1 fully saturated rings. The molecule has 37 heavy (non-hydrogen) atoms. The number of benzene rings is 3. The molecule has 0 spiro atoms. The second kappa shape index (κ2) is 11.6. The molecule has 1 amide bonds. The highest BCUT2D eigenvalue weighted by Crippen LogP contribution is 2.36. The first-order chi connectivity index (χ1) is 18.1. The summed E-state index contributed by atoms with van der Waals surface area (Å²) >= 11 is 1.44. The van der Waals surface area contributed by atoms with Gasteiger partial charge in [0.1, 0.15) is 5.75 Å². The second-order valence-corrected chi connectivity index (χ2v) is 10.4. The van der Waals surface area contributed by atoms with Gasteiger partial charge in [-0.15, -0.1) is 10.2 Å². The molecule has 3 aromatic carbocycles. The molecule has 4 aromatic rings. The van der Waals surface area contributed by atoms with E-state index in [1.54, 1.807) is 7.11 Å². The fraction of sp³-hybridized carbons (Fsp3) is 0.300. The molecule has 1 aromatic heterocycles. The topological polar surface area (TPSA) is 69.0 Å². The third-order valence-electron chi connectivity index (χ3n) is 6.82. The number of hydrogen-bond acceptors (Lipinski definition) is 5. The maximum Gasteiger partial charge on any atom is 0.234 e. The van der Waals surface area contributed by atoms with E-state index in [0.29, 0.717) is 17.5 Å². The van der Waals surface area contributed by atoms with Crippen molar-refractivity contribution in [3.63, 3.8) is 0 Å². The van der Waals surface area contributed by atoms with Crippen molar-refractivity contribution in [2.45, 2.75) is 50.2 Å². The predicted octanol–water partition coefficient (Wildman–Crippen LogP) is 7.17. The second-order valence-electron chi connectivity index (χ2n) is 9.45.